The second kappa shape index (κ2) is 7.35. The Morgan fingerprint density at radius 1 is 1.10 bits per heavy atom. The Hall–Kier alpha value is -0.960. The molecule has 1 atom stereocenters. The molecule has 21 heavy (non-hydrogen) atoms. The Morgan fingerprint density at radius 3 is 2.48 bits per heavy atom. The minimum atomic E-state index is 0.208. The van der Waals surface area contributed by atoms with E-state index in [1.807, 2.05) is 6.07 Å². The van der Waals surface area contributed by atoms with Crippen LogP contribution in [-0.2, 0) is 6.42 Å². The highest BCUT2D eigenvalue weighted by Gasteiger charge is 2.07. The smallest absolute Gasteiger partial charge is 0.0548 e. The molecular formula is C18H22ClNS. The van der Waals surface area contributed by atoms with Crippen LogP contribution in [0.4, 0.5) is 0 Å². The predicted molar refractivity (Wildman–Crippen MR) is 93.5 cm³/mol. The third-order valence-electron chi connectivity index (χ3n) is 3.72. The quantitative estimate of drug-likeness (QED) is 0.799. The van der Waals surface area contributed by atoms with Gasteiger partial charge < -0.3 is 5.73 Å². The van der Waals surface area contributed by atoms with E-state index in [0.29, 0.717) is 0 Å². The van der Waals surface area contributed by atoms with E-state index in [1.165, 1.54) is 21.6 Å². The largest absolute Gasteiger partial charge is 0.327 e. The number of hydrogen-bond acceptors (Lipinski definition) is 2. The van der Waals surface area contributed by atoms with E-state index in [2.05, 4.69) is 51.1 Å². The van der Waals surface area contributed by atoms with Crippen LogP contribution in [0.3, 0.4) is 0 Å². The fourth-order valence-electron chi connectivity index (χ4n) is 2.11. The minimum Gasteiger partial charge on any atom is -0.327 e. The van der Waals surface area contributed by atoms with Crippen LogP contribution in [0.5, 0.6) is 0 Å². The van der Waals surface area contributed by atoms with Gasteiger partial charge in [-0.05, 0) is 67.6 Å². The average Bonchev–Trinajstić information content (AvgIpc) is 2.45. The topological polar surface area (TPSA) is 26.0 Å². The van der Waals surface area contributed by atoms with E-state index < -0.39 is 0 Å². The van der Waals surface area contributed by atoms with Crippen LogP contribution in [0, 0.1) is 13.8 Å². The number of rotatable bonds is 5. The summed E-state index contributed by atoms with van der Waals surface area (Å²) in [6.45, 7) is 6.37. The molecule has 0 fully saturated rings. The van der Waals surface area contributed by atoms with Crippen molar-refractivity contribution in [2.75, 3.05) is 0 Å². The molecule has 0 radical (unpaired) electrons. The highest BCUT2D eigenvalue weighted by atomic mass is 35.5. The van der Waals surface area contributed by atoms with Gasteiger partial charge in [-0.3, -0.25) is 0 Å². The third kappa shape index (κ3) is 4.50. The first-order valence-corrected chi connectivity index (χ1v) is 8.48. The van der Waals surface area contributed by atoms with Crippen LogP contribution >= 0.6 is 23.4 Å². The van der Waals surface area contributed by atoms with E-state index in [0.717, 1.165) is 22.8 Å². The summed E-state index contributed by atoms with van der Waals surface area (Å²) >= 11 is 8.12. The molecule has 0 aliphatic carbocycles. The van der Waals surface area contributed by atoms with Gasteiger partial charge in [0.15, 0.2) is 0 Å². The van der Waals surface area contributed by atoms with E-state index in [1.54, 1.807) is 11.8 Å². The first-order valence-electron chi connectivity index (χ1n) is 7.28. The van der Waals surface area contributed by atoms with Crippen molar-refractivity contribution in [1.29, 1.82) is 0 Å². The third-order valence-corrected chi connectivity index (χ3v) is 5.22. The average molecular weight is 320 g/mol. The summed E-state index contributed by atoms with van der Waals surface area (Å²) in [5, 5.41) is 0.805. The van der Waals surface area contributed by atoms with E-state index in [-0.39, 0.29) is 6.04 Å². The van der Waals surface area contributed by atoms with Crippen LogP contribution in [-0.4, -0.2) is 6.04 Å². The van der Waals surface area contributed by atoms with Crippen molar-refractivity contribution in [3.05, 3.63) is 58.1 Å². The molecule has 0 spiro atoms. The molecule has 2 aromatic carbocycles. The molecule has 2 aromatic rings. The molecule has 0 aliphatic heterocycles. The van der Waals surface area contributed by atoms with Crippen molar-refractivity contribution in [3.63, 3.8) is 0 Å². The van der Waals surface area contributed by atoms with Crippen molar-refractivity contribution in [2.24, 2.45) is 5.73 Å². The van der Waals surface area contributed by atoms with Gasteiger partial charge in [0, 0.05) is 15.8 Å². The standard InChI is InChI=1S/C18H22ClNS/c1-4-15(20)10-14-6-8-18(17(19)11-14)21-16-7-5-12(2)13(3)9-16/h5-9,11,15H,4,10,20H2,1-3H3. The fourth-order valence-corrected chi connectivity index (χ4v) is 3.34. The van der Waals surface area contributed by atoms with Crippen molar-refractivity contribution < 1.29 is 0 Å². The zero-order valence-corrected chi connectivity index (χ0v) is 14.4. The number of benzene rings is 2. The van der Waals surface area contributed by atoms with Gasteiger partial charge in [0.2, 0.25) is 0 Å². The molecular weight excluding hydrogens is 298 g/mol. The maximum atomic E-state index is 6.42. The molecule has 0 aromatic heterocycles. The lowest BCUT2D eigenvalue weighted by molar-refractivity contribution is 0.646. The normalized spacial score (nSPS) is 12.4. The van der Waals surface area contributed by atoms with Gasteiger partial charge in [-0.2, -0.15) is 0 Å². The predicted octanol–water partition coefficient (Wildman–Crippen LogP) is 5.39. The summed E-state index contributed by atoms with van der Waals surface area (Å²) in [6.07, 6.45) is 1.86. The van der Waals surface area contributed by atoms with Crippen molar-refractivity contribution >= 4 is 23.4 Å². The van der Waals surface area contributed by atoms with Crippen molar-refractivity contribution in [3.8, 4) is 0 Å². The molecule has 1 nitrogen and oxygen atoms in total. The summed E-state index contributed by atoms with van der Waals surface area (Å²) in [5.74, 6) is 0. The van der Waals surface area contributed by atoms with Gasteiger partial charge in [-0.15, -0.1) is 0 Å². The van der Waals surface area contributed by atoms with Crippen LogP contribution in [0.15, 0.2) is 46.2 Å². The molecule has 1 unspecified atom stereocenters. The lowest BCUT2D eigenvalue weighted by Crippen LogP contribution is -2.21. The Labute approximate surface area is 136 Å². The number of halogens is 1. The Morgan fingerprint density at radius 2 is 1.86 bits per heavy atom. The summed E-state index contributed by atoms with van der Waals surface area (Å²) in [6, 6.07) is 13.0. The summed E-state index contributed by atoms with van der Waals surface area (Å²) < 4.78 is 0. The van der Waals surface area contributed by atoms with Gasteiger partial charge in [0.05, 0.1) is 5.02 Å². The second-order valence-electron chi connectivity index (χ2n) is 5.49. The monoisotopic (exact) mass is 319 g/mol. The van der Waals surface area contributed by atoms with Gasteiger partial charge in [-0.1, -0.05) is 42.4 Å². The molecule has 0 bridgehead atoms. The lowest BCUT2D eigenvalue weighted by Gasteiger charge is -2.11. The molecule has 3 heteroatoms. The van der Waals surface area contributed by atoms with Gasteiger partial charge in [-0.25, -0.2) is 0 Å². The molecule has 0 saturated heterocycles. The summed E-state index contributed by atoms with van der Waals surface area (Å²) in [5.41, 5.74) is 9.83. The van der Waals surface area contributed by atoms with E-state index in [4.69, 9.17) is 17.3 Å². The first kappa shape index (κ1) is 16.4. The second-order valence-corrected chi connectivity index (χ2v) is 7.01. The summed E-state index contributed by atoms with van der Waals surface area (Å²) in [7, 11) is 0. The zero-order chi connectivity index (χ0) is 15.4. The van der Waals surface area contributed by atoms with Gasteiger partial charge in [0.25, 0.3) is 0 Å². The lowest BCUT2D eigenvalue weighted by atomic mass is 10.1. The van der Waals surface area contributed by atoms with Crippen LogP contribution in [0.2, 0.25) is 5.02 Å². The SMILES string of the molecule is CCC(N)Cc1ccc(Sc2ccc(C)c(C)c2)c(Cl)c1. The van der Waals surface area contributed by atoms with Crippen molar-refractivity contribution in [1.82, 2.24) is 0 Å². The van der Waals surface area contributed by atoms with E-state index in [9.17, 15) is 0 Å². The highest BCUT2D eigenvalue weighted by Crippen LogP contribution is 2.34. The maximum absolute atomic E-state index is 6.42. The summed E-state index contributed by atoms with van der Waals surface area (Å²) in [4.78, 5) is 2.31. The number of aryl methyl sites for hydroxylation is 2. The highest BCUT2D eigenvalue weighted by molar-refractivity contribution is 7.99. The van der Waals surface area contributed by atoms with E-state index >= 15 is 0 Å². The Kier molecular flexibility index (Phi) is 5.74. The number of nitrogens with two attached hydrogens (primary N) is 1. The van der Waals surface area contributed by atoms with Crippen LogP contribution in [0.25, 0.3) is 0 Å². The van der Waals surface area contributed by atoms with Crippen LogP contribution in [0.1, 0.15) is 30.0 Å². The Bertz CT molecular complexity index is 625. The van der Waals surface area contributed by atoms with Crippen molar-refractivity contribution in [2.45, 2.75) is 49.4 Å². The number of hydrogen-bond donors (Lipinski definition) is 1. The zero-order valence-electron chi connectivity index (χ0n) is 12.8. The van der Waals surface area contributed by atoms with Gasteiger partial charge in [0.1, 0.15) is 0 Å². The molecule has 2 N–H and O–H groups in total. The van der Waals surface area contributed by atoms with Crippen LogP contribution < -0.4 is 5.73 Å². The molecule has 2 rings (SSSR count). The molecule has 0 saturated carbocycles. The molecule has 0 amide bonds. The van der Waals surface area contributed by atoms with Gasteiger partial charge >= 0.3 is 0 Å². The minimum absolute atomic E-state index is 0.208. The molecule has 0 heterocycles. The molecule has 0 aliphatic rings. The molecule has 112 valence electrons. The Balaban J connectivity index is 2.15. The first-order chi connectivity index (χ1) is 9.99. The maximum Gasteiger partial charge on any atom is 0.0548 e. The fraction of sp³-hybridized carbons (Fsp3) is 0.333.